The van der Waals surface area contributed by atoms with Gasteiger partial charge in [0.1, 0.15) is 13.2 Å². The van der Waals surface area contributed by atoms with Crippen molar-refractivity contribution in [2.45, 2.75) is 95.6 Å². The van der Waals surface area contributed by atoms with Crippen LogP contribution in [-0.2, 0) is 38.6 Å². The van der Waals surface area contributed by atoms with Gasteiger partial charge in [0.2, 0.25) is 11.8 Å². The second-order valence-corrected chi connectivity index (χ2v) is 15.9. The van der Waals surface area contributed by atoms with Crippen molar-refractivity contribution in [3.05, 3.63) is 141 Å². The third-order valence-electron chi connectivity index (χ3n) is 11.0. The van der Waals surface area contributed by atoms with Crippen molar-refractivity contribution in [2.75, 3.05) is 13.2 Å². The van der Waals surface area contributed by atoms with Crippen LogP contribution >= 0.6 is 0 Å². The minimum atomic E-state index is -0.212. The fraction of sp³-hybridized carbons (Fsp3) is 0.395. The molecule has 2 atom stereocenters. The summed E-state index contributed by atoms with van der Waals surface area (Å²) in [6.07, 6.45) is 3.82. The van der Waals surface area contributed by atoms with Crippen molar-refractivity contribution >= 4 is 11.8 Å². The highest BCUT2D eigenvalue weighted by molar-refractivity contribution is 6.01. The van der Waals surface area contributed by atoms with Crippen LogP contribution in [0.2, 0.25) is 0 Å². The summed E-state index contributed by atoms with van der Waals surface area (Å²) in [6, 6.07) is 31.1. The van der Waals surface area contributed by atoms with Crippen LogP contribution in [0.5, 0.6) is 0 Å². The number of rotatable bonds is 6. The lowest BCUT2D eigenvalue weighted by molar-refractivity contribution is 0.314. The first-order valence-corrected chi connectivity index (χ1v) is 17.3. The molecule has 0 bridgehead atoms. The molecule has 0 saturated carbocycles. The maximum atomic E-state index is 6.54. The molecular weight excluding hydrogens is 576 g/mol. The third-order valence-corrected chi connectivity index (χ3v) is 11.0. The van der Waals surface area contributed by atoms with E-state index in [1.807, 2.05) is 0 Å². The molecule has 2 heterocycles. The number of ether oxygens (including phenoxy) is 2. The van der Waals surface area contributed by atoms with E-state index in [0.29, 0.717) is 13.2 Å². The van der Waals surface area contributed by atoms with E-state index >= 15 is 0 Å². The standard InChI is InChI=1S/C43H46N2O2/c1-27-17-33(39-44-31(23-46-39)21-29-13-9-7-10-14-29)37-35(19-27)41(3,4)25-43(37)26-42(5,6)36-20-28(2)18-34(38(36)43)40-45-32(24-47-40)22-30-15-11-8-12-16-30/h7-20,31-32H,21-26H2,1-6H3/t31-,32-,43?/m0/s1. The van der Waals surface area contributed by atoms with Crippen LogP contribution in [0.25, 0.3) is 0 Å². The third kappa shape index (κ3) is 5.12. The van der Waals surface area contributed by atoms with E-state index in [2.05, 4.69) is 126 Å². The first-order chi connectivity index (χ1) is 22.5. The Kier molecular flexibility index (Phi) is 7.02. The van der Waals surface area contributed by atoms with E-state index in [1.165, 1.54) is 55.6 Å². The van der Waals surface area contributed by atoms with Crippen LogP contribution < -0.4 is 0 Å². The molecule has 4 aromatic rings. The lowest BCUT2D eigenvalue weighted by Gasteiger charge is -2.32. The summed E-state index contributed by atoms with van der Waals surface area (Å²) in [6.45, 7) is 15.4. The number of benzene rings is 4. The lowest BCUT2D eigenvalue weighted by Crippen LogP contribution is -2.30. The van der Waals surface area contributed by atoms with Gasteiger partial charge in [0.25, 0.3) is 0 Å². The predicted octanol–water partition coefficient (Wildman–Crippen LogP) is 8.73. The summed E-state index contributed by atoms with van der Waals surface area (Å²) in [4.78, 5) is 10.6. The van der Waals surface area contributed by atoms with E-state index in [4.69, 9.17) is 19.5 Å². The molecule has 0 unspecified atom stereocenters. The van der Waals surface area contributed by atoms with Gasteiger partial charge in [-0.05, 0) is 95.9 Å². The molecular formula is C43H46N2O2. The van der Waals surface area contributed by atoms with Crippen LogP contribution in [0.4, 0.5) is 0 Å². The quantitative estimate of drug-likeness (QED) is 0.216. The highest BCUT2D eigenvalue weighted by Gasteiger charge is 2.59. The highest BCUT2D eigenvalue weighted by Crippen LogP contribution is 2.64. The van der Waals surface area contributed by atoms with Crippen molar-refractivity contribution in [3.63, 3.8) is 0 Å². The molecule has 0 saturated heterocycles. The molecule has 8 rings (SSSR count). The smallest absolute Gasteiger partial charge is 0.216 e. The van der Waals surface area contributed by atoms with Gasteiger partial charge < -0.3 is 9.47 Å². The minimum absolute atomic E-state index is 0.0211. The molecule has 2 aliphatic carbocycles. The molecule has 1 spiro atoms. The monoisotopic (exact) mass is 622 g/mol. The molecule has 4 aliphatic rings. The van der Waals surface area contributed by atoms with Gasteiger partial charge in [-0.1, -0.05) is 112 Å². The number of aryl methyl sites for hydroxylation is 2. The first kappa shape index (κ1) is 30.2. The SMILES string of the molecule is Cc1cc(C2=N[C@@H](Cc3ccccc3)CO2)c2c(c1)C(C)(C)CC21CC(C)(C)c2cc(C)cc(C3=N[C@@H](Cc4ccccc4)CO3)c21. The van der Waals surface area contributed by atoms with Crippen LogP contribution in [0, 0.1) is 13.8 Å². The lowest BCUT2D eigenvalue weighted by atomic mass is 9.70. The zero-order valence-corrected chi connectivity index (χ0v) is 28.7. The van der Waals surface area contributed by atoms with Gasteiger partial charge in [-0.15, -0.1) is 0 Å². The molecule has 0 aromatic heterocycles. The van der Waals surface area contributed by atoms with Crippen LogP contribution in [0.3, 0.4) is 0 Å². The van der Waals surface area contributed by atoms with Crippen molar-refractivity contribution < 1.29 is 9.47 Å². The van der Waals surface area contributed by atoms with E-state index in [-0.39, 0.29) is 28.3 Å². The van der Waals surface area contributed by atoms with Crippen LogP contribution in [0.15, 0.2) is 94.9 Å². The molecule has 0 radical (unpaired) electrons. The second-order valence-electron chi connectivity index (χ2n) is 15.9. The Morgan fingerprint density at radius 3 is 1.40 bits per heavy atom. The highest BCUT2D eigenvalue weighted by atomic mass is 16.5. The molecule has 4 nitrogen and oxygen atoms in total. The number of hydrogen-bond donors (Lipinski definition) is 0. The molecule has 0 N–H and O–H groups in total. The molecule has 0 fully saturated rings. The van der Waals surface area contributed by atoms with Gasteiger partial charge in [0, 0.05) is 16.5 Å². The van der Waals surface area contributed by atoms with Gasteiger partial charge in [-0.2, -0.15) is 0 Å². The fourth-order valence-electron chi connectivity index (χ4n) is 9.36. The van der Waals surface area contributed by atoms with Crippen molar-refractivity contribution in [2.24, 2.45) is 9.98 Å². The topological polar surface area (TPSA) is 43.2 Å². The predicted molar refractivity (Wildman–Crippen MR) is 191 cm³/mol. The van der Waals surface area contributed by atoms with Gasteiger partial charge in [0.05, 0.1) is 12.1 Å². The summed E-state index contributed by atoms with van der Waals surface area (Å²) < 4.78 is 13.1. The van der Waals surface area contributed by atoms with Crippen LogP contribution in [-0.4, -0.2) is 37.1 Å². The van der Waals surface area contributed by atoms with Crippen molar-refractivity contribution in [1.82, 2.24) is 0 Å². The van der Waals surface area contributed by atoms with Gasteiger partial charge in [-0.25, -0.2) is 9.98 Å². The average molecular weight is 623 g/mol. The molecule has 4 aromatic carbocycles. The Labute approximate surface area is 280 Å². The summed E-state index contributed by atoms with van der Waals surface area (Å²) in [5, 5.41) is 0. The van der Waals surface area contributed by atoms with E-state index < -0.39 is 0 Å². The first-order valence-electron chi connectivity index (χ1n) is 17.3. The number of fused-ring (bicyclic) bond motifs is 4. The van der Waals surface area contributed by atoms with E-state index in [0.717, 1.165) is 37.5 Å². The maximum absolute atomic E-state index is 6.54. The Bertz CT molecular complexity index is 1780. The zero-order valence-electron chi connectivity index (χ0n) is 28.7. The minimum Gasteiger partial charge on any atom is -0.475 e. The fourth-order valence-corrected chi connectivity index (χ4v) is 9.36. The Hall–Kier alpha value is -4.18. The average Bonchev–Trinajstić information content (AvgIpc) is 3.78. The number of hydrogen-bond acceptors (Lipinski definition) is 4. The van der Waals surface area contributed by atoms with E-state index in [1.54, 1.807) is 0 Å². The van der Waals surface area contributed by atoms with Crippen molar-refractivity contribution in [3.8, 4) is 0 Å². The number of aliphatic imine (C=N–C) groups is 2. The Morgan fingerprint density at radius 2 is 1.00 bits per heavy atom. The second kappa shape index (κ2) is 10.9. The largest absolute Gasteiger partial charge is 0.475 e. The molecule has 2 aliphatic heterocycles. The summed E-state index contributed by atoms with van der Waals surface area (Å²) in [5.41, 5.74) is 12.9. The Morgan fingerprint density at radius 1 is 0.596 bits per heavy atom. The van der Waals surface area contributed by atoms with Gasteiger partial charge >= 0.3 is 0 Å². The molecule has 0 amide bonds. The normalized spacial score (nSPS) is 22.8. The summed E-state index contributed by atoms with van der Waals surface area (Å²) in [5.74, 6) is 1.61. The summed E-state index contributed by atoms with van der Waals surface area (Å²) in [7, 11) is 0. The van der Waals surface area contributed by atoms with Crippen molar-refractivity contribution in [1.29, 1.82) is 0 Å². The number of nitrogens with zero attached hydrogens (tertiary/aromatic N) is 2. The van der Waals surface area contributed by atoms with E-state index in [9.17, 15) is 0 Å². The Balaban J connectivity index is 1.28. The molecule has 4 heteroatoms. The van der Waals surface area contributed by atoms with Gasteiger partial charge in [-0.3, -0.25) is 0 Å². The summed E-state index contributed by atoms with van der Waals surface area (Å²) >= 11 is 0. The molecule has 47 heavy (non-hydrogen) atoms. The van der Waals surface area contributed by atoms with Gasteiger partial charge in [0.15, 0.2) is 0 Å². The zero-order chi connectivity index (χ0) is 32.6. The maximum Gasteiger partial charge on any atom is 0.216 e. The molecule has 240 valence electrons. The van der Waals surface area contributed by atoms with Crippen LogP contribution in [0.1, 0.15) is 96.2 Å².